The van der Waals surface area contributed by atoms with Gasteiger partial charge >= 0.3 is 0 Å². The monoisotopic (exact) mass is 300 g/mol. The van der Waals surface area contributed by atoms with Gasteiger partial charge in [0.2, 0.25) is 0 Å². The Morgan fingerprint density at radius 3 is 1.90 bits per heavy atom. The Morgan fingerprint density at radius 1 is 1.05 bits per heavy atom. The molecule has 2 fully saturated rings. The molecule has 122 valence electrons. The number of aliphatic hydroxyl groups excluding tert-OH is 3. The molecule has 1 heterocycles. The molecule has 0 radical (unpaired) electrons. The van der Waals surface area contributed by atoms with Gasteiger partial charge in [0.15, 0.2) is 0 Å². The third kappa shape index (κ3) is 4.14. The molecule has 1 aliphatic carbocycles. The molecule has 1 saturated heterocycles. The zero-order chi connectivity index (χ0) is 15.8. The second kappa shape index (κ2) is 8.66. The van der Waals surface area contributed by atoms with E-state index in [2.05, 4.69) is 13.2 Å². The molecular weight excluding hydrogens is 272 g/mol. The molecule has 2 rings (SSSR count). The molecule has 1 aliphatic heterocycles. The number of hydrogen-bond donors (Lipinski definition) is 3. The standard InChI is InChI=1S/C10H18O4.C6H10O/c11-4-9-2-1-3-10(5-12,8(9)13)7-14-6-9;1-3-5-7-6-4-2/h8,11-13H,1-7H2;3-4H,1-2,5-6H2. The van der Waals surface area contributed by atoms with Gasteiger partial charge in [0.05, 0.1) is 45.7 Å². The molecule has 5 nitrogen and oxygen atoms in total. The van der Waals surface area contributed by atoms with Gasteiger partial charge in [-0.3, -0.25) is 0 Å². The van der Waals surface area contributed by atoms with Crippen molar-refractivity contribution in [2.75, 3.05) is 39.6 Å². The van der Waals surface area contributed by atoms with Crippen molar-refractivity contribution in [1.82, 2.24) is 0 Å². The molecule has 2 unspecified atom stereocenters. The lowest BCUT2D eigenvalue weighted by Crippen LogP contribution is -2.62. The molecule has 0 aromatic heterocycles. The van der Waals surface area contributed by atoms with Crippen molar-refractivity contribution in [3.63, 3.8) is 0 Å². The largest absolute Gasteiger partial charge is 0.396 e. The summed E-state index contributed by atoms with van der Waals surface area (Å²) >= 11 is 0. The van der Waals surface area contributed by atoms with Crippen molar-refractivity contribution < 1.29 is 24.8 Å². The van der Waals surface area contributed by atoms with Gasteiger partial charge in [-0.25, -0.2) is 0 Å². The summed E-state index contributed by atoms with van der Waals surface area (Å²) in [7, 11) is 0. The first-order chi connectivity index (χ1) is 10.1. The lowest BCUT2D eigenvalue weighted by atomic mass is 9.59. The van der Waals surface area contributed by atoms with Crippen LogP contribution in [0.15, 0.2) is 25.3 Å². The summed E-state index contributed by atoms with van der Waals surface area (Å²) < 4.78 is 10.3. The van der Waals surface area contributed by atoms with Crippen molar-refractivity contribution >= 4 is 0 Å². The molecule has 21 heavy (non-hydrogen) atoms. The fourth-order valence-electron chi connectivity index (χ4n) is 3.13. The van der Waals surface area contributed by atoms with Crippen molar-refractivity contribution in [3.05, 3.63) is 25.3 Å². The van der Waals surface area contributed by atoms with Crippen LogP contribution < -0.4 is 0 Å². The van der Waals surface area contributed by atoms with Crippen molar-refractivity contribution in [3.8, 4) is 0 Å². The summed E-state index contributed by atoms with van der Waals surface area (Å²) in [5.74, 6) is 0. The fraction of sp³-hybridized carbons (Fsp3) is 0.750. The predicted octanol–water partition coefficient (Wildman–Crippen LogP) is 0.894. The molecular formula is C16H28O5. The van der Waals surface area contributed by atoms with E-state index in [0.717, 1.165) is 19.3 Å². The van der Waals surface area contributed by atoms with Gasteiger partial charge in [0.25, 0.3) is 0 Å². The minimum atomic E-state index is -0.632. The van der Waals surface area contributed by atoms with E-state index in [9.17, 15) is 15.3 Å². The average molecular weight is 300 g/mol. The molecule has 2 aliphatic rings. The smallest absolute Gasteiger partial charge is 0.0740 e. The Hall–Kier alpha value is -0.720. The minimum absolute atomic E-state index is 0.0596. The summed E-state index contributed by atoms with van der Waals surface area (Å²) in [5.41, 5.74) is -1.06. The number of fused-ring (bicyclic) bond motifs is 2. The van der Waals surface area contributed by atoms with E-state index in [1.807, 2.05) is 0 Å². The zero-order valence-corrected chi connectivity index (χ0v) is 12.7. The topological polar surface area (TPSA) is 79.2 Å². The van der Waals surface area contributed by atoms with Crippen molar-refractivity contribution in [1.29, 1.82) is 0 Å². The summed E-state index contributed by atoms with van der Waals surface area (Å²) in [6.45, 7) is 8.88. The molecule has 0 amide bonds. The molecule has 0 aromatic rings. The van der Waals surface area contributed by atoms with Crippen LogP contribution in [0.3, 0.4) is 0 Å². The molecule has 0 spiro atoms. The summed E-state index contributed by atoms with van der Waals surface area (Å²) in [4.78, 5) is 0. The van der Waals surface area contributed by atoms with Crippen LogP contribution in [0.5, 0.6) is 0 Å². The first kappa shape index (κ1) is 18.3. The van der Waals surface area contributed by atoms with Gasteiger partial charge < -0.3 is 24.8 Å². The highest BCUT2D eigenvalue weighted by atomic mass is 16.5. The maximum absolute atomic E-state index is 10.2. The number of rotatable bonds is 6. The van der Waals surface area contributed by atoms with Gasteiger partial charge in [0.1, 0.15) is 0 Å². The lowest BCUT2D eigenvalue weighted by molar-refractivity contribution is -0.230. The van der Waals surface area contributed by atoms with E-state index in [1.54, 1.807) is 12.2 Å². The maximum atomic E-state index is 10.2. The Morgan fingerprint density at radius 2 is 1.52 bits per heavy atom. The Kier molecular flexibility index (Phi) is 7.56. The van der Waals surface area contributed by atoms with E-state index >= 15 is 0 Å². The van der Waals surface area contributed by atoms with Crippen LogP contribution in [0.4, 0.5) is 0 Å². The van der Waals surface area contributed by atoms with E-state index in [1.165, 1.54) is 0 Å². The minimum Gasteiger partial charge on any atom is -0.396 e. The number of ether oxygens (including phenoxy) is 2. The quantitative estimate of drug-likeness (QED) is 0.501. The molecule has 5 heteroatoms. The third-order valence-corrected chi connectivity index (χ3v) is 4.39. The zero-order valence-electron chi connectivity index (χ0n) is 12.7. The SMILES string of the molecule is C=CCOCC=C.OCC12CCCC(CO)(COC1)C2O. The number of aliphatic hydroxyl groups is 3. The van der Waals surface area contributed by atoms with E-state index in [4.69, 9.17) is 9.47 Å². The first-order valence-corrected chi connectivity index (χ1v) is 7.38. The second-order valence-electron chi connectivity index (χ2n) is 5.90. The van der Waals surface area contributed by atoms with Crippen LogP contribution in [0.25, 0.3) is 0 Å². The van der Waals surface area contributed by atoms with Gasteiger partial charge in [0, 0.05) is 10.8 Å². The molecule has 2 atom stereocenters. The lowest BCUT2D eigenvalue weighted by Gasteiger charge is -2.54. The predicted molar refractivity (Wildman–Crippen MR) is 80.9 cm³/mol. The van der Waals surface area contributed by atoms with Gasteiger partial charge in [-0.15, -0.1) is 13.2 Å². The molecule has 1 saturated carbocycles. The summed E-state index contributed by atoms with van der Waals surface area (Å²) in [6, 6.07) is 0. The summed E-state index contributed by atoms with van der Waals surface area (Å²) in [6.07, 6.45) is 5.31. The van der Waals surface area contributed by atoms with E-state index in [-0.39, 0.29) is 13.2 Å². The van der Waals surface area contributed by atoms with Gasteiger partial charge in [-0.1, -0.05) is 18.6 Å². The van der Waals surface area contributed by atoms with Crippen molar-refractivity contribution in [2.24, 2.45) is 10.8 Å². The van der Waals surface area contributed by atoms with Gasteiger partial charge in [-0.05, 0) is 12.8 Å². The molecule has 2 bridgehead atoms. The Balaban J connectivity index is 0.000000270. The highest BCUT2D eigenvalue weighted by Crippen LogP contribution is 2.49. The van der Waals surface area contributed by atoms with Crippen LogP contribution in [0, 0.1) is 10.8 Å². The maximum Gasteiger partial charge on any atom is 0.0740 e. The Bertz CT molecular complexity index is 291. The van der Waals surface area contributed by atoms with Gasteiger partial charge in [-0.2, -0.15) is 0 Å². The third-order valence-electron chi connectivity index (χ3n) is 4.39. The molecule has 3 N–H and O–H groups in total. The highest BCUT2D eigenvalue weighted by molar-refractivity contribution is 5.04. The van der Waals surface area contributed by atoms with Crippen LogP contribution in [0.2, 0.25) is 0 Å². The van der Waals surface area contributed by atoms with Crippen molar-refractivity contribution in [2.45, 2.75) is 25.4 Å². The highest BCUT2D eigenvalue weighted by Gasteiger charge is 2.56. The first-order valence-electron chi connectivity index (χ1n) is 7.38. The van der Waals surface area contributed by atoms with Crippen LogP contribution in [-0.4, -0.2) is 61.1 Å². The Labute approximate surface area is 126 Å². The van der Waals surface area contributed by atoms with E-state index < -0.39 is 16.9 Å². The molecule has 0 aromatic carbocycles. The van der Waals surface area contributed by atoms with Crippen LogP contribution >= 0.6 is 0 Å². The average Bonchev–Trinajstić information content (AvgIpc) is 2.49. The number of hydrogen-bond acceptors (Lipinski definition) is 5. The normalized spacial score (nSPS) is 34.5. The second-order valence-corrected chi connectivity index (χ2v) is 5.90. The summed E-state index contributed by atoms with van der Waals surface area (Å²) in [5, 5.41) is 28.9. The fourth-order valence-corrected chi connectivity index (χ4v) is 3.13. The van der Waals surface area contributed by atoms with E-state index in [0.29, 0.717) is 26.4 Å². The van der Waals surface area contributed by atoms with Crippen LogP contribution in [0.1, 0.15) is 19.3 Å². The van der Waals surface area contributed by atoms with Crippen LogP contribution in [-0.2, 0) is 9.47 Å².